The lowest BCUT2D eigenvalue weighted by Gasteiger charge is -2.30. The van der Waals surface area contributed by atoms with Crippen molar-refractivity contribution in [3.05, 3.63) is 11.7 Å². The Bertz CT molecular complexity index is 464. The molecule has 2 heterocycles. The van der Waals surface area contributed by atoms with E-state index in [1.54, 1.807) is 0 Å². The van der Waals surface area contributed by atoms with Gasteiger partial charge in [0.05, 0.1) is 0 Å². The largest absolute Gasteiger partial charge is 0.339 e. The van der Waals surface area contributed by atoms with Gasteiger partial charge in [-0.1, -0.05) is 18.5 Å². The van der Waals surface area contributed by atoms with Gasteiger partial charge in [0.2, 0.25) is 5.89 Å². The fourth-order valence-electron chi connectivity index (χ4n) is 4.38. The number of nitrogens with one attached hydrogen (secondary N) is 1. The molecule has 1 aromatic rings. The minimum atomic E-state index is 0.0914. The molecule has 2 bridgehead atoms. The highest BCUT2D eigenvalue weighted by molar-refractivity contribution is 5.11. The van der Waals surface area contributed by atoms with Crippen molar-refractivity contribution in [1.29, 1.82) is 0 Å². The van der Waals surface area contributed by atoms with Crippen molar-refractivity contribution in [3.63, 3.8) is 0 Å². The summed E-state index contributed by atoms with van der Waals surface area (Å²) in [5.41, 5.74) is 0.0914. The minimum Gasteiger partial charge on any atom is -0.339 e. The molecule has 0 aromatic carbocycles. The lowest BCUT2D eigenvalue weighted by Crippen LogP contribution is -2.37. The molecule has 2 aliphatic carbocycles. The molecule has 2 saturated carbocycles. The van der Waals surface area contributed by atoms with E-state index >= 15 is 0 Å². The van der Waals surface area contributed by atoms with E-state index in [2.05, 4.69) is 17.4 Å². The first-order valence-electron chi connectivity index (χ1n) is 7.79. The molecule has 4 heteroatoms. The SMILES string of the molecule is CC1(c2nc(C3CC4CCC3C4)no2)CCNCC1. The first kappa shape index (κ1) is 11.9. The van der Waals surface area contributed by atoms with E-state index in [1.807, 2.05) is 0 Å². The van der Waals surface area contributed by atoms with Crippen LogP contribution in [0.15, 0.2) is 4.52 Å². The van der Waals surface area contributed by atoms with Crippen LogP contribution in [0.1, 0.15) is 63.1 Å². The van der Waals surface area contributed by atoms with Crippen molar-refractivity contribution >= 4 is 0 Å². The third-order valence-corrected chi connectivity index (χ3v) is 5.73. The fraction of sp³-hybridized carbons (Fsp3) is 0.867. The first-order valence-corrected chi connectivity index (χ1v) is 7.79. The van der Waals surface area contributed by atoms with Crippen LogP contribution in [0.3, 0.4) is 0 Å². The standard InChI is InChI=1S/C15H23N3O/c1-15(4-6-16-7-5-15)14-17-13(18-19-14)12-9-10-2-3-11(12)8-10/h10-12,16H,2-9H2,1H3. The molecule has 1 saturated heterocycles. The second kappa shape index (κ2) is 4.30. The van der Waals surface area contributed by atoms with Gasteiger partial charge in [0.15, 0.2) is 5.82 Å². The predicted octanol–water partition coefficient (Wildman–Crippen LogP) is 2.61. The fourth-order valence-corrected chi connectivity index (χ4v) is 4.38. The second-order valence-electron chi connectivity index (χ2n) is 7.05. The van der Waals surface area contributed by atoms with Crippen LogP contribution in [0.25, 0.3) is 0 Å². The van der Waals surface area contributed by atoms with Crippen molar-refractivity contribution < 1.29 is 4.52 Å². The second-order valence-corrected chi connectivity index (χ2v) is 7.05. The number of nitrogens with zero attached hydrogens (tertiary/aromatic N) is 2. The summed E-state index contributed by atoms with van der Waals surface area (Å²) in [5.74, 6) is 4.23. The van der Waals surface area contributed by atoms with Crippen molar-refractivity contribution in [3.8, 4) is 0 Å². The minimum absolute atomic E-state index is 0.0914. The molecular formula is C15H23N3O. The molecule has 0 radical (unpaired) electrons. The summed E-state index contributed by atoms with van der Waals surface area (Å²) in [5, 5.41) is 7.73. The molecule has 3 fully saturated rings. The third kappa shape index (κ3) is 1.92. The summed E-state index contributed by atoms with van der Waals surface area (Å²) >= 11 is 0. The Balaban J connectivity index is 1.56. The van der Waals surface area contributed by atoms with Gasteiger partial charge in [0, 0.05) is 11.3 Å². The number of piperidine rings is 1. The van der Waals surface area contributed by atoms with Crippen LogP contribution in [-0.2, 0) is 5.41 Å². The van der Waals surface area contributed by atoms with Gasteiger partial charge in [0.1, 0.15) is 0 Å². The van der Waals surface area contributed by atoms with Crippen molar-refractivity contribution in [1.82, 2.24) is 15.5 Å². The molecule has 19 heavy (non-hydrogen) atoms. The molecule has 4 rings (SSSR count). The van der Waals surface area contributed by atoms with E-state index in [-0.39, 0.29) is 5.41 Å². The van der Waals surface area contributed by atoms with Crippen LogP contribution >= 0.6 is 0 Å². The zero-order valence-electron chi connectivity index (χ0n) is 11.7. The summed E-state index contributed by atoms with van der Waals surface area (Å²) in [4.78, 5) is 4.80. The maximum absolute atomic E-state index is 5.64. The molecule has 1 N–H and O–H groups in total. The number of hydrogen-bond donors (Lipinski definition) is 1. The zero-order chi connectivity index (χ0) is 12.9. The predicted molar refractivity (Wildman–Crippen MR) is 71.9 cm³/mol. The van der Waals surface area contributed by atoms with Crippen molar-refractivity contribution in [2.24, 2.45) is 11.8 Å². The number of fused-ring (bicyclic) bond motifs is 2. The summed E-state index contributed by atoms with van der Waals surface area (Å²) in [7, 11) is 0. The van der Waals surface area contributed by atoms with E-state index in [9.17, 15) is 0 Å². The van der Waals surface area contributed by atoms with Gasteiger partial charge in [-0.25, -0.2) is 0 Å². The van der Waals surface area contributed by atoms with Crippen LogP contribution in [0.2, 0.25) is 0 Å². The topological polar surface area (TPSA) is 51.0 Å². The van der Waals surface area contributed by atoms with Gasteiger partial charge in [-0.2, -0.15) is 4.98 Å². The summed E-state index contributed by atoms with van der Waals surface area (Å²) in [6, 6.07) is 0. The Morgan fingerprint density at radius 2 is 2.05 bits per heavy atom. The normalized spacial score (nSPS) is 36.8. The number of aromatic nitrogens is 2. The maximum Gasteiger partial charge on any atom is 0.232 e. The maximum atomic E-state index is 5.64. The lowest BCUT2D eigenvalue weighted by atomic mass is 9.81. The van der Waals surface area contributed by atoms with Gasteiger partial charge >= 0.3 is 0 Å². The first-order chi connectivity index (χ1) is 9.24. The third-order valence-electron chi connectivity index (χ3n) is 5.73. The van der Waals surface area contributed by atoms with Crippen LogP contribution in [0, 0.1) is 11.8 Å². The molecular weight excluding hydrogens is 238 g/mol. The van der Waals surface area contributed by atoms with E-state index in [4.69, 9.17) is 9.51 Å². The van der Waals surface area contributed by atoms with E-state index < -0.39 is 0 Å². The zero-order valence-corrected chi connectivity index (χ0v) is 11.7. The van der Waals surface area contributed by atoms with E-state index in [1.165, 1.54) is 25.7 Å². The van der Waals surface area contributed by atoms with Crippen LogP contribution < -0.4 is 5.32 Å². The van der Waals surface area contributed by atoms with Gasteiger partial charge in [0.25, 0.3) is 0 Å². The van der Waals surface area contributed by atoms with Gasteiger partial charge in [-0.3, -0.25) is 0 Å². The van der Waals surface area contributed by atoms with Crippen molar-refractivity contribution in [2.45, 2.75) is 56.8 Å². The highest BCUT2D eigenvalue weighted by Crippen LogP contribution is 2.52. The smallest absolute Gasteiger partial charge is 0.232 e. The molecule has 0 spiro atoms. The van der Waals surface area contributed by atoms with Crippen LogP contribution in [-0.4, -0.2) is 23.2 Å². The van der Waals surface area contributed by atoms with Crippen LogP contribution in [0.5, 0.6) is 0 Å². The molecule has 3 aliphatic rings. The summed E-state index contributed by atoms with van der Waals surface area (Å²) in [6.45, 7) is 4.39. The Kier molecular flexibility index (Phi) is 2.69. The summed E-state index contributed by atoms with van der Waals surface area (Å²) < 4.78 is 5.64. The van der Waals surface area contributed by atoms with Gasteiger partial charge in [-0.05, 0) is 57.0 Å². The van der Waals surface area contributed by atoms with Gasteiger partial charge < -0.3 is 9.84 Å². The van der Waals surface area contributed by atoms with Gasteiger partial charge in [-0.15, -0.1) is 0 Å². The Morgan fingerprint density at radius 3 is 2.74 bits per heavy atom. The monoisotopic (exact) mass is 261 g/mol. The molecule has 3 unspecified atom stereocenters. The molecule has 104 valence electrons. The Hall–Kier alpha value is -0.900. The average molecular weight is 261 g/mol. The number of rotatable bonds is 2. The average Bonchev–Trinajstić information content (AvgIpc) is 3.15. The molecule has 4 nitrogen and oxygen atoms in total. The summed E-state index contributed by atoms with van der Waals surface area (Å²) in [6.07, 6.45) is 7.70. The van der Waals surface area contributed by atoms with E-state index in [0.29, 0.717) is 5.92 Å². The molecule has 0 amide bonds. The van der Waals surface area contributed by atoms with Crippen LogP contribution in [0.4, 0.5) is 0 Å². The molecule has 3 atom stereocenters. The van der Waals surface area contributed by atoms with E-state index in [0.717, 1.165) is 49.5 Å². The Morgan fingerprint density at radius 1 is 1.21 bits per heavy atom. The van der Waals surface area contributed by atoms with Crippen molar-refractivity contribution in [2.75, 3.05) is 13.1 Å². The molecule has 1 aliphatic heterocycles. The Labute approximate surface area is 114 Å². The lowest BCUT2D eigenvalue weighted by molar-refractivity contribution is 0.240. The molecule has 1 aromatic heterocycles. The number of hydrogen-bond acceptors (Lipinski definition) is 4. The highest BCUT2D eigenvalue weighted by atomic mass is 16.5. The highest BCUT2D eigenvalue weighted by Gasteiger charge is 2.43. The quantitative estimate of drug-likeness (QED) is 0.889.